The number of ether oxygens (including phenoxy) is 1. The first-order valence-electron chi connectivity index (χ1n) is 5.84. The van der Waals surface area contributed by atoms with Crippen LogP contribution in [-0.2, 0) is 17.8 Å². The number of nitrogens with zero attached hydrogens (tertiary/aromatic N) is 5. The minimum Gasteiger partial charge on any atom is -0.381 e. The fourth-order valence-electron chi connectivity index (χ4n) is 2.05. The van der Waals surface area contributed by atoms with Crippen LogP contribution >= 0.6 is 0 Å². The molecule has 3 heterocycles. The average Bonchev–Trinajstić information content (AvgIpc) is 3.02. The summed E-state index contributed by atoms with van der Waals surface area (Å²) in [5, 5.41) is 12.4. The Balaban J connectivity index is 1.61. The molecule has 17 heavy (non-hydrogen) atoms. The summed E-state index contributed by atoms with van der Waals surface area (Å²) < 4.78 is 9.09. The lowest BCUT2D eigenvalue weighted by Gasteiger charge is -2.05. The molecular formula is C11H15N5O. The summed E-state index contributed by atoms with van der Waals surface area (Å²) in [7, 11) is 0. The molecule has 1 aliphatic heterocycles. The van der Waals surface area contributed by atoms with Crippen LogP contribution in [0, 0.1) is 5.92 Å². The normalized spacial score (nSPS) is 19.9. The minimum atomic E-state index is 0.578. The van der Waals surface area contributed by atoms with Crippen molar-refractivity contribution >= 4 is 0 Å². The monoisotopic (exact) mass is 233 g/mol. The maximum atomic E-state index is 5.35. The summed E-state index contributed by atoms with van der Waals surface area (Å²) in [6.45, 7) is 3.29. The molecule has 0 spiro atoms. The average molecular weight is 233 g/mol. The summed E-state index contributed by atoms with van der Waals surface area (Å²) in [6.07, 6.45) is 6.79. The van der Waals surface area contributed by atoms with Gasteiger partial charge in [0.05, 0.1) is 19.3 Å². The van der Waals surface area contributed by atoms with Crippen molar-refractivity contribution in [2.24, 2.45) is 5.92 Å². The Bertz CT molecular complexity index is 458. The van der Waals surface area contributed by atoms with Gasteiger partial charge in [-0.2, -0.15) is 5.10 Å². The molecule has 3 rings (SSSR count). The van der Waals surface area contributed by atoms with Gasteiger partial charge in [-0.25, -0.2) is 0 Å². The molecule has 0 amide bonds. The van der Waals surface area contributed by atoms with Crippen LogP contribution in [0.2, 0.25) is 0 Å². The van der Waals surface area contributed by atoms with Crippen LogP contribution in [-0.4, -0.2) is 38.0 Å². The van der Waals surface area contributed by atoms with E-state index in [1.54, 1.807) is 6.20 Å². The summed E-state index contributed by atoms with van der Waals surface area (Å²) in [4.78, 5) is 0. The van der Waals surface area contributed by atoms with E-state index in [4.69, 9.17) is 4.74 Å². The van der Waals surface area contributed by atoms with E-state index in [9.17, 15) is 0 Å². The SMILES string of the molecule is c1cnn(Cc2cn(CC3CCOC3)nn2)c1. The zero-order valence-electron chi connectivity index (χ0n) is 9.57. The Morgan fingerprint density at radius 3 is 3.18 bits per heavy atom. The molecule has 1 fully saturated rings. The van der Waals surface area contributed by atoms with Gasteiger partial charge in [0, 0.05) is 31.5 Å². The Labute approximate surface area is 99.2 Å². The zero-order valence-corrected chi connectivity index (χ0v) is 9.57. The van der Waals surface area contributed by atoms with Crippen molar-refractivity contribution in [2.45, 2.75) is 19.5 Å². The molecule has 2 aromatic rings. The third-order valence-corrected chi connectivity index (χ3v) is 2.94. The van der Waals surface area contributed by atoms with Crippen molar-refractivity contribution in [1.82, 2.24) is 24.8 Å². The summed E-state index contributed by atoms with van der Waals surface area (Å²) >= 11 is 0. The molecule has 1 unspecified atom stereocenters. The van der Waals surface area contributed by atoms with Gasteiger partial charge in [0.25, 0.3) is 0 Å². The quantitative estimate of drug-likeness (QED) is 0.774. The van der Waals surface area contributed by atoms with Crippen molar-refractivity contribution in [3.05, 3.63) is 30.4 Å². The van der Waals surface area contributed by atoms with Gasteiger partial charge in [-0.05, 0) is 12.5 Å². The van der Waals surface area contributed by atoms with E-state index in [-0.39, 0.29) is 0 Å². The smallest absolute Gasteiger partial charge is 0.104 e. The number of hydrogen-bond acceptors (Lipinski definition) is 4. The van der Waals surface area contributed by atoms with Gasteiger partial charge in [-0.1, -0.05) is 5.21 Å². The van der Waals surface area contributed by atoms with Crippen LogP contribution < -0.4 is 0 Å². The van der Waals surface area contributed by atoms with Crippen LogP contribution in [0.25, 0.3) is 0 Å². The lowest BCUT2D eigenvalue weighted by atomic mass is 10.1. The zero-order chi connectivity index (χ0) is 11.5. The van der Waals surface area contributed by atoms with E-state index in [2.05, 4.69) is 15.4 Å². The molecular weight excluding hydrogens is 218 g/mol. The van der Waals surface area contributed by atoms with E-state index < -0.39 is 0 Å². The van der Waals surface area contributed by atoms with Crippen molar-refractivity contribution in [3.63, 3.8) is 0 Å². The minimum absolute atomic E-state index is 0.578. The summed E-state index contributed by atoms with van der Waals surface area (Å²) in [6, 6.07) is 1.90. The third kappa shape index (κ3) is 2.52. The van der Waals surface area contributed by atoms with Crippen molar-refractivity contribution in [2.75, 3.05) is 13.2 Å². The highest BCUT2D eigenvalue weighted by Crippen LogP contribution is 2.14. The molecule has 1 aliphatic rings. The van der Waals surface area contributed by atoms with Crippen molar-refractivity contribution in [1.29, 1.82) is 0 Å². The van der Waals surface area contributed by atoms with E-state index >= 15 is 0 Å². The first-order chi connectivity index (χ1) is 8.40. The van der Waals surface area contributed by atoms with Gasteiger partial charge in [0.1, 0.15) is 5.69 Å². The van der Waals surface area contributed by atoms with Gasteiger partial charge in [0.2, 0.25) is 0 Å². The van der Waals surface area contributed by atoms with Gasteiger partial charge >= 0.3 is 0 Å². The standard InChI is InChI=1S/C11H15N5O/c1-3-12-15(4-1)7-11-8-16(14-13-11)6-10-2-5-17-9-10/h1,3-4,8,10H,2,5-7,9H2. The van der Waals surface area contributed by atoms with Crippen LogP contribution in [0.4, 0.5) is 0 Å². The second-order valence-electron chi connectivity index (χ2n) is 4.37. The number of rotatable bonds is 4. The highest BCUT2D eigenvalue weighted by molar-refractivity contribution is 4.94. The molecule has 0 saturated carbocycles. The second-order valence-corrected chi connectivity index (χ2v) is 4.37. The Morgan fingerprint density at radius 2 is 2.41 bits per heavy atom. The van der Waals surface area contributed by atoms with Crippen LogP contribution in [0.15, 0.2) is 24.7 Å². The van der Waals surface area contributed by atoms with E-state index in [1.807, 2.05) is 27.8 Å². The molecule has 0 bridgehead atoms. The van der Waals surface area contributed by atoms with Gasteiger partial charge in [-0.3, -0.25) is 9.36 Å². The first-order valence-corrected chi connectivity index (χ1v) is 5.84. The molecule has 90 valence electrons. The molecule has 2 aromatic heterocycles. The maximum Gasteiger partial charge on any atom is 0.104 e. The summed E-state index contributed by atoms with van der Waals surface area (Å²) in [5.41, 5.74) is 0.938. The van der Waals surface area contributed by atoms with E-state index in [0.29, 0.717) is 12.5 Å². The third-order valence-electron chi connectivity index (χ3n) is 2.94. The molecule has 1 saturated heterocycles. The Kier molecular flexibility index (Phi) is 2.87. The highest BCUT2D eigenvalue weighted by atomic mass is 16.5. The lowest BCUT2D eigenvalue weighted by molar-refractivity contribution is 0.181. The predicted molar refractivity (Wildman–Crippen MR) is 60.3 cm³/mol. The second kappa shape index (κ2) is 4.67. The van der Waals surface area contributed by atoms with Crippen LogP contribution in [0.5, 0.6) is 0 Å². The molecule has 0 aliphatic carbocycles. The fraction of sp³-hybridized carbons (Fsp3) is 0.545. The van der Waals surface area contributed by atoms with Gasteiger partial charge < -0.3 is 4.74 Å². The Morgan fingerprint density at radius 1 is 1.41 bits per heavy atom. The number of hydrogen-bond donors (Lipinski definition) is 0. The first kappa shape index (κ1) is 10.5. The van der Waals surface area contributed by atoms with E-state index in [1.165, 1.54) is 0 Å². The van der Waals surface area contributed by atoms with Gasteiger partial charge in [0.15, 0.2) is 0 Å². The molecule has 6 heteroatoms. The fourth-order valence-corrected chi connectivity index (χ4v) is 2.05. The molecule has 0 aromatic carbocycles. The maximum absolute atomic E-state index is 5.35. The van der Waals surface area contributed by atoms with Gasteiger partial charge in [-0.15, -0.1) is 5.10 Å². The van der Waals surface area contributed by atoms with Crippen LogP contribution in [0.3, 0.4) is 0 Å². The highest BCUT2D eigenvalue weighted by Gasteiger charge is 2.16. The summed E-state index contributed by atoms with van der Waals surface area (Å²) in [5.74, 6) is 0.578. The topological polar surface area (TPSA) is 57.8 Å². The molecule has 1 atom stereocenters. The number of aromatic nitrogens is 5. The molecule has 0 N–H and O–H groups in total. The lowest BCUT2D eigenvalue weighted by Crippen LogP contribution is -2.11. The van der Waals surface area contributed by atoms with Crippen LogP contribution in [0.1, 0.15) is 12.1 Å². The van der Waals surface area contributed by atoms with Crippen molar-refractivity contribution < 1.29 is 4.74 Å². The van der Waals surface area contributed by atoms with E-state index in [0.717, 1.165) is 31.9 Å². The van der Waals surface area contributed by atoms with Crippen molar-refractivity contribution in [3.8, 4) is 0 Å². The Hall–Kier alpha value is -1.69. The predicted octanol–water partition coefficient (Wildman–Crippen LogP) is 0.559. The molecule has 0 radical (unpaired) electrons. The molecule has 6 nitrogen and oxygen atoms in total. The largest absolute Gasteiger partial charge is 0.381 e.